The van der Waals surface area contributed by atoms with Gasteiger partial charge in [0.05, 0.1) is 5.52 Å². The van der Waals surface area contributed by atoms with Gasteiger partial charge in [-0.2, -0.15) is 0 Å². The Hall–Kier alpha value is -3.39. The van der Waals surface area contributed by atoms with Crippen LogP contribution in [0.4, 0.5) is 14.9 Å². The highest BCUT2D eigenvalue weighted by molar-refractivity contribution is 6.31. The number of carbonyl (C=O) groups excluding carboxylic acids is 2. The van der Waals surface area contributed by atoms with Gasteiger partial charge in [0, 0.05) is 41.3 Å². The van der Waals surface area contributed by atoms with Crippen molar-refractivity contribution >= 4 is 40.1 Å². The molecule has 3 aromatic rings. The zero-order valence-corrected chi connectivity index (χ0v) is 15.3. The summed E-state index contributed by atoms with van der Waals surface area (Å²) < 4.78 is 20.1. The smallest absolute Gasteiger partial charge is 0.319 e. The van der Waals surface area contributed by atoms with Crippen molar-refractivity contribution in [3.05, 3.63) is 59.5 Å². The highest BCUT2D eigenvalue weighted by atomic mass is 35.5. The number of hydrogen-bond acceptors (Lipinski definition) is 4. The number of anilines is 1. The van der Waals surface area contributed by atoms with Gasteiger partial charge in [-0.1, -0.05) is 11.6 Å². The number of hydrogen-bond donors (Lipinski definition) is 3. The third-order valence-electron chi connectivity index (χ3n) is 3.73. The molecule has 28 heavy (non-hydrogen) atoms. The molecule has 0 aliphatic carbocycles. The van der Waals surface area contributed by atoms with E-state index < -0.39 is 17.8 Å². The van der Waals surface area contributed by atoms with Crippen molar-refractivity contribution in [2.24, 2.45) is 5.73 Å². The maximum absolute atomic E-state index is 14.4. The first-order valence-electron chi connectivity index (χ1n) is 8.27. The van der Waals surface area contributed by atoms with E-state index in [0.29, 0.717) is 21.7 Å². The molecule has 3 amide bonds. The maximum atomic E-state index is 14.4. The fraction of sp³-hybridized carbons (Fsp3) is 0.105. The third kappa shape index (κ3) is 4.86. The Bertz CT molecular complexity index is 1040. The van der Waals surface area contributed by atoms with Crippen LogP contribution in [0.15, 0.2) is 48.7 Å². The summed E-state index contributed by atoms with van der Waals surface area (Å²) in [6, 6.07) is 10.2. The maximum Gasteiger partial charge on any atom is 0.319 e. The molecule has 9 heteroatoms. The van der Waals surface area contributed by atoms with E-state index in [1.54, 1.807) is 24.3 Å². The van der Waals surface area contributed by atoms with Gasteiger partial charge in [-0.25, -0.2) is 9.18 Å². The molecule has 0 radical (unpaired) electrons. The van der Waals surface area contributed by atoms with Gasteiger partial charge >= 0.3 is 6.03 Å². The first kappa shape index (κ1) is 19.4. The number of fused-ring (bicyclic) bond motifs is 1. The summed E-state index contributed by atoms with van der Waals surface area (Å²) >= 11 is 5.96. The number of halogens is 2. The summed E-state index contributed by atoms with van der Waals surface area (Å²) in [5, 5.41) is 6.12. The van der Waals surface area contributed by atoms with Crippen molar-refractivity contribution in [3.63, 3.8) is 0 Å². The lowest BCUT2D eigenvalue weighted by Crippen LogP contribution is -2.31. The minimum Gasteiger partial charge on any atom is -0.454 e. The van der Waals surface area contributed by atoms with Gasteiger partial charge in [0.1, 0.15) is 5.75 Å². The summed E-state index contributed by atoms with van der Waals surface area (Å²) in [4.78, 5) is 26.6. The summed E-state index contributed by atoms with van der Waals surface area (Å²) in [6.45, 7) is 0.0873. The molecule has 0 unspecified atom stereocenters. The largest absolute Gasteiger partial charge is 0.454 e. The number of pyridine rings is 1. The molecule has 2 aromatic carbocycles. The van der Waals surface area contributed by atoms with Crippen LogP contribution < -0.4 is 21.1 Å². The van der Waals surface area contributed by atoms with Crippen molar-refractivity contribution in [2.75, 3.05) is 11.9 Å². The van der Waals surface area contributed by atoms with Gasteiger partial charge in [-0.3, -0.25) is 9.78 Å². The van der Waals surface area contributed by atoms with Gasteiger partial charge < -0.3 is 21.1 Å². The van der Waals surface area contributed by atoms with Crippen molar-refractivity contribution in [1.29, 1.82) is 0 Å². The normalized spacial score (nSPS) is 10.5. The first-order valence-corrected chi connectivity index (χ1v) is 8.65. The Balaban J connectivity index is 1.71. The van der Waals surface area contributed by atoms with Crippen LogP contribution in [0.1, 0.15) is 6.42 Å². The number of ether oxygens (including phenoxy) is 1. The Morgan fingerprint density at radius 3 is 2.71 bits per heavy atom. The zero-order chi connectivity index (χ0) is 20.1. The van der Waals surface area contributed by atoms with Crippen molar-refractivity contribution in [1.82, 2.24) is 10.3 Å². The van der Waals surface area contributed by atoms with Crippen LogP contribution in [-0.2, 0) is 4.79 Å². The van der Waals surface area contributed by atoms with Gasteiger partial charge in [-0.15, -0.1) is 0 Å². The lowest BCUT2D eigenvalue weighted by Gasteiger charge is -2.11. The van der Waals surface area contributed by atoms with Crippen LogP contribution in [0.25, 0.3) is 10.9 Å². The van der Waals surface area contributed by atoms with Gasteiger partial charge in [0.2, 0.25) is 5.91 Å². The first-order chi connectivity index (χ1) is 13.4. The van der Waals surface area contributed by atoms with Crippen LogP contribution in [0, 0.1) is 5.82 Å². The van der Waals surface area contributed by atoms with Crippen LogP contribution >= 0.6 is 11.6 Å². The molecule has 0 bridgehead atoms. The molecule has 0 saturated carbocycles. The van der Waals surface area contributed by atoms with Crippen molar-refractivity contribution in [3.8, 4) is 11.5 Å². The van der Waals surface area contributed by atoms with E-state index in [2.05, 4.69) is 15.6 Å². The van der Waals surface area contributed by atoms with Crippen LogP contribution in [0.3, 0.4) is 0 Å². The SMILES string of the molecule is NC(=O)CCNC(=O)Nc1ccc(Oc2ccnc3cc(Cl)ccc23)c(F)c1. The number of aromatic nitrogens is 1. The van der Waals surface area contributed by atoms with Crippen LogP contribution in [-0.4, -0.2) is 23.5 Å². The minimum atomic E-state index is -0.658. The summed E-state index contributed by atoms with van der Waals surface area (Å²) in [7, 11) is 0. The average molecular weight is 403 g/mol. The molecule has 0 atom stereocenters. The molecular formula is C19H16ClFN4O3. The molecule has 1 heterocycles. The summed E-state index contributed by atoms with van der Waals surface area (Å²) in [5.74, 6) is -0.778. The number of nitrogens with two attached hydrogens (primary N) is 1. The number of nitrogens with zero attached hydrogens (tertiary/aromatic N) is 1. The van der Waals surface area contributed by atoms with Gasteiger partial charge in [-0.05, 0) is 36.4 Å². The molecule has 0 saturated heterocycles. The molecule has 0 fully saturated rings. The lowest BCUT2D eigenvalue weighted by atomic mass is 10.2. The molecule has 144 valence electrons. The quantitative estimate of drug-likeness (QED) is 0.582. The average Bonchev–Trinajstić information content (AvgIpc) is 2.63. The predicted octanol–water partition coefficient (Wildman–Crippen LogP) is 3.82. The van der Waals surface area contributed by atoms with E-state index in [1.165, 1.54) is 18.3 Å². The third-order valence-corrected chi connectivity index (χ3v) is 3.97. The minimum absolute atomic E-state index is 0.0119. The Morgan fingerprint density at radius 1 is 1.14 bits per heavy atom. The molecule has 0 aliphatic rings. The van der Waals surface area contributed by atoms with Crippen LogP contribution in [0.2, 0.25) is 5.02 Å². The van der Waals surface area contributed by atoms with E-state index in [9.17, 15) is 14.0 Å². The molecule has 3 rings (SSSR count). The summed E-state index contributed by atoms with van der Waals surface area (Å²) in [5.41, 5.74) is 5.84. The second-order valence-electron chi connectivity index (χ2n) is 5.82. The van der Waals surface area contributed by atoms with E-state index in [1.807, 2.05) is 0 Å². The fourth-order valence-corrected chi connectivity index (χ4v) is 2.60. The topological polar surface area (TPSA) is 106 Å². The number of benzene rings is 2. The second kappa shape index (κ2) is 8.53. The van der Waals surface area contributed by atoms with Gasteiger partial charge in [0.25, 0.3) is 0 Å². The summed E-state index contributed by atoms with van der Waals surface area (Å²) in [6.07, 6.45) is 1.55. The highest BCUT2D eigenvalue weighted by Crippen LogP contribution is 2.32. The number of carbonyl (C=O) groups is 2. The fourth-order valence-electron chi connectivity index (χ4n) is 2.44. The van der Waals surface area contributed by atoms with Crippen molar-refractivity contribution in [2.45, 2.75) is 6.42 Å². The molecule has 7 nitrogen and oxygen atoms in total. The standard InChI is InChI=1S/C19H16ClFN4O3/c20-11-1-3-13-15(9-11)23-7-5-16(13)28-17-4-2-12(10-14(17)21)25-19(27)24-8-6-18(22)26/h1-5,7,9-10H,6,8H2,(H2,22,26)(H2,24,25,27). The Morgan fingerprint density at radius 2 is 1.96 bits per heavy atom. The molecular weight excluding hydrogens is 387 g/mol. The molecule has 0 spiro atoms. The second-order valence-corrected chi connectivity index (χ2v) is 6.25. The highest BCUT2D eigenvalue weighted by Gasteiger charge is 2.11. The molecule has 0 aliphatic heterocycles. The lowest BCUT2D eigenvalue weighted by molar-refractivity contribution is -0.117. The van der Waals surface area contributed by atoms with Crippen LogP contribution in [0.5, 0.6) is 11.5 Å². The van der Waals surface area contributed by atoms with E-state index in [0.717, 1.165) is 6.07 Å². The van der Waals surface area contributed by atoms with E-state index in [4.69, 9.17) is 22.1 Å². The Kier molecular flexibility index (Phi) is 5.90. The number of amides is 3. The van der Waals surface area contributed by atoms with Crippen molar-refractivity contribution < 1.29 is 18.7 Å². The molecule has 1 aromatic heterocycles. The number of nitrogens with one attached hydrogen (secondary N) is 2. The number of primary amides is 1. The van der Waals surface area contributed by atoms with E-state index in [-0.39, 0.29) is 24.4 Å². The predicted molar refractivity (Wildman–Crippen MR) is 104 cm³/mol. The van der Waals surface area contributed by atoms with E-state index >= 15 is 0 Å². The Labute approximate surface area is 164 Å². The monoisotopic (exact) mass is 402 g/mol. The molecule has 4 N–H and O–H groups in total. The number of rotatable bonds is 6. The zero-order valence-electron chi connectivity index (χ0n) is 14.5. The number of urea groups is 1. The van der Waals surface area contributed by atoms with Gasteiger partial charge in [0.15, 0.2) is 11.6 Å².